The molecule has 17 heteroatoms. The standard InChI is InChI=1S/C38H42Cl2N5O8PS/c1-19-12-41-32-26(52-36(55)43(4)7-5-6-21(3)46)8-24-30(28(19)32)22(10-39)14-44(24)34(47)37-16-38(17-37,18-37)35(48)45-15-23(11-40)31-25(45)9-27(53-54(49,50)51)33-29(31)20(2)13-42-33/h8-9,12-13,22-23,41-42H,5-7,10-11,14-18H2,1-4H3,(H2,49,50,51)/t22-,23-,37?,38?/m1/s1. The summed E-state index contributed by atoms with van der Waals surface area (Å²) in [4.78, 5) is 71.6. The number of hydrogen-bond acceptors (Lipinski definition) is 7. The number of anilines is 2. The van der Waals surface area contributed by atoms with E-state index in [0.29, 0.717) is 74.6 Å². The van der Waals surface area contributed by atoms with Gasteiger partial charge in [0.1, 0.15) is 5.78 Å². The van der Waals surface area contributed by atoms with Gasteiger partial charge < -0.3 is 38.7 Å². The van der Waals surface area contributed by atoms with Gasteiger partial charge in [0.2, 0.25) is 11.8 Å². The summed E-state index contributed by atoms with van der Waals surface area (Å²) in [7, 11) is -3.10. The molecule has 2 aromatic heterocycles. The van der Waals surface area contributed by atoms with E-state index < -0.39 is 18.7 Å². The summed E-state index contributed by atoms with van der Waals surface area (Å²) in [6.07, 6.45) is 5.87. The summed E-state index contributed by atoms with van der Waals surface area (Å²) < 4.78 is 23.3. The number of alkyl halides is 2. The zero-order valence-electron chi connectivity index (χ0n) is 30.8. The van der Waals surface area contributed by atoms with Crippen molar-refractivity contribution < 1.29 is 38.0 Å². The molecule has 0 saturated heterocycles. The largest absolute Gasteiger partial charge is 0.524 e. The number of thiocarbonyl (C=S) groups is 1. The van der Waals surface area contributed by atoms with E-state index in [2.05, 4.69) is 9.97 Å². The lowest BCUT2D eigenvalue weighted by atomic mass is 9.34. The summed E-state index contributed by atoms with van der Waals surface area (Å²) in [5.74, 6) is 0.567. The highest BCUT2D eigenvalue weighted by Gasteiger charge is 2.76. The molecule has 2 atom stereocenters. The van der Waals surface area contributed by atoms with Crippen molar-refractivity contribution in [2.45, 2.75) is 64.7 Å². The van der Waals surface area contributed by atoms with Crippen LogP contribution in [0.5, 0.6) is 11.5 Å². The highest BCUT2D eigenvalue weighted by atomic mass is 35.5. The van der Waals surface area contributed by atoms with Crippen LogP contribution in [0.25, 0.3) is 21.8 Å². The minimum absolute atomic E-state index is 0.0514. The lowest BCUT2D eigenvalue weighted by molar-refractivity contribution is -0.205. The van der Waals surface area contributed by atoms with Gasteiger partial charge in [-0.2, -0.15) is 0 Å². The molecule has 2 bridgehead atoms. The maximum absolute atomic E-state index is 14.6. The number of rotatable bonds is 11. The van der Waals surface area contributed by atoms with Gasteiger partial charge in [0.25, 0.3) is 5.17 Å². The molecule has 3 saturated carbocycles. The average molecular weight is 831 g/mol. The van der Waals surface area contributed by atoms with E-state index in [1.165, 1.54) is 6.07 Å². The summed E-state index contributed by atoms with van der Waals surface area (Å²) in [6.45, 7) is 6.68. The highest BCUT2D eigenvalue weighted by Crippen LogP contribution is 2.75. The van der Waals surface area contributed by atoms with Gasteiger partial charge in [-0.15, -0.1) is 23.2 Å². The normalized spacial score (nSPS) is 23.7. The van der Waals surface area contributed by atoms with Crippen molar-refractivity contribution >= 4 is 99.2 Å². The first-order valence-electron chi connectivity index (χ1n) is 18.2. The van der Waals surface area contributed by atoms with Crippen molar-refractivity contribution in [1.29, 1.82) is 0 Å². The Balaban J connectivity index is 1.06. The molecule has 2 aromatic carbocycles. The Bertz CT molecular complexity index is 2350. The molecule has 9 rings (SSSR count). The van der Waals surface area contributed by atoms with Crippen molar-refractivity contribution in [1.82, 2.24) is 14.9 Å². The number of phosphoric acid groups is 1. The molecule has 4 aromatic rings. The minimum atomic E-state index is -4.92. The monoisotopic (exact) mass is 829 g/mol. The van der Waals surface area contributed by atoms with Crippen LogP contribution < -0.4 is 19.1 Å². The molecular formula is C38H42Cl2N5O8PS. The first-order valence-corrected chi connectivity index (χ1v) is 21.2. The van der Waals surface area contributed by atoms with E-state index in [9.17, 15) is 28.7 Å². The first-order chi connectivity index (χ1) is 26.0. The number of phosphoric ester groups is 1. The Morgan fingerprint density at radius 3 is 1.84 bits per heavy atom. The number of H-pyrrole nitrogens is 2. The van der Waals surface area contributed by atoms with E-state index in [-0.39, 0.29) is 46.2 Å². The fourth-order valence-electron chi connectivity index (χ4n) is 9.58. The molecule has 0 radical (unpaired) electrons. The average Bonchev–Trinajstić information content (AvgIpc) is 3.85. The number of carbonyl (C=O) groups excluding carboxylic acids is 3. The zero-order valence-corrected chi connectivity index (χ0v) is 34.1. The molecule has 2 aliphatic heterocycles. The zero-order chi connectivity index (χ0) is 39.4. The van der Waals surface area contributed by atoms with Crippen LogP contribution in [-0.4, -0.2) is 85.9 Å². The third-order valence-corrected chi connectivity index (χ3v) is 13.6. The van der Waals surface area contributed by atoms with Gasteiger partial charge in [0.05, 0.1) is 33.2 Å². The minimum Gasteiger partial charge on any atom is -0.429 e. The molecule has 5 aliphatic rings. The van der Waals surface area contributed by atoms with Crippen LogP contribution in [0.15, 0.2) is 24.5 Å². The van der Waals surface area contributed by atoms with Crippen LogP contribution in [0.1, 0.15) is 73.1 Å². The Labute approximate surface area is 332 Å². The lowest BCUT2D eigenvalue weighted by Crippen LogP contribution is -2.73. The van der Waals surface area contributed by atoms with Gasteiger partial charge in [0, 0.05) is 92.0 Å². The van der Waals surface area contributed by atoms with Crippen molar-refractivity contribution in [2.24, 2.45) is 10.8 Å². The highest BCUT2D eigenvalue weighted by molar-refractivity contribution is 7.80. The van der Waals surface area contributed by atoms with Crippen molar-refractivity contribution in [3.63, 3.8) is 0 Å². The van der Waals surface area contributed by atoms with Crippen molar-refractivity contribution in [3.05, 3.63) is 46.8 Å². The SMILES string of the molecule is CC(=O)CCCN(C)C(=S)Oc1cc2c(c3c(C)c[nH]c13)[C@H](CCl)CN2C(=O)C12CC(C(=O)N3C[C@@H](CCl)c4c3cc(OP(=O)(O)O)c3[nH]cc(C)c43)(C1)C2. The molecule has 0 spiro atoms. The summed E-state index contributed by atoms with van der Waals surface area (Å²) in [5.41, 5.74) is 4.59. The molecule has 0 unspecified atom stereocenters. The number of fused-ring (bicyclic) bond motifs is 6. The number of ether oxygens (including phenoxy) is 1. The predicted molar refractivity (Wildman–Crippen MR) is 215 cm³/mol. The van der Waals surface area contributed by atoms with Gasteiger partial charge in [0.15, 0.2) is 11.5 Å². The quantitative estimate of drug-likeness (QED) is 0.0709. The summed E-state index contributed by atoms with van der Waals surface area (Å²) in [6, 6.07) is 3.37. The van der Waals surface area contributed by atoms with Crippen molar-refractivity contribution in [3.8, 4) is 11.5 Å². The first kappa shape index (κ1) is 38.2. The number of hydrogen-bond donors (Lipinski definition) is 4. The van der Waals surface area contributed by atoms with E-state index >= 15 is 0 Å². The van der Waals surface area contributed by atoms with Crippen molar-refractivity contribution in [2.75, 3.05) is 48.2 Å². The molecule has 55 heavy (non-hydrogen) atoms. The molecule has 13 nitrogen and oxygen atoms in total. The number of aromatic nitrogens is 2. The molecule has 4 heterocycles. The van der Waals surface area contributed by atoms with E-state index in [1.54, 1.807) is 27.8 Å². The van der Waals surface area contributed by atoms with Gasteiger partial charge in [-0.25, -0.2) is 4.57 Å². The van der Waals surface area contributed by atoms with Gasteiger partial charge in [-0.1, -0.05) is 0 Å². The van der Waals surface area contributed by atoms with Crippen LogP contribution in [-0.2, 0) is 18.9 Å². The molecule has 2 amide bonds. The summed E-state index contributed by atoms with van der Waals surface area (Å²) >= 11 is 18.7. The van der Waals surface area contributed by atoms with Crippen LogP contribution in [0, 0.1) is 24.7 Å². The maximum atomic E-state index is 14.6. The second-order valence-corrected chi connectivity index (χ2v) is 18.0. The van der Waals surface area contributed by atoms with E-state index in [4.69, 9.17) is 44.7 Å². The second-order valence-electron chi connectivity index (χ2n) is 15.9. The summed E-state index contributed by atoms with van der Waals surface area (Å²) in [5, 5.41) is 1.91. The number of benzene rings is 2. The number of Topliss-reactive ketones (excluding diaryl/α,β-unsaturated/α-hetero) is 1. The van der Waals surface area contributed by atoms with E-state index in [1.807, 2.05) is 33.2 Å². The second kappa shape index (κ2) is 13.5. The van der Waals surface area contributed by atoms with Crippen LogP contribution in [0.2, 0.25) is 0 Å². The maximum Gasteiger partial charge on any atom is 0.524 e. The van der Waals surface area contributed by atoms with Crippen LogP contribution >= 0.6 is 43.2 Å². The molecule has 3 fully saturated rings. The number of amides is 2. The number of carbonyl (C=O) groups is 3. The van der Waals surface area contributed by atoms with Gasteiger partial charge in [-0.3, -0.25) is 19.4 Å². The number of aromatic amines is 2. The lowest BCUT2D eigenvalue weighted by Gasteiger charge is -2.69. The topological polar surface area (TPSA) is 168 Å². The van der Waals surface area contributed by atoms with E-state index in [0.717, 1.165) is 44.2 Å². The number of ketones is 1. The molecule has 4 N–H and O–H groups in total. The Morgan fingerprint density at radius 1 is 0.909 bits per heavy atom. The smallest absolute Gasteiger partial charge is 0.429 e. The molecule has 3 aliphatic carbocycles. The number of nitrogens with one attached hydrogen (secondary N) is 2. The fourth-order valence-corrected chi connectivity index (χ4v) is 10.7. The molecule has 292 valence electrons. The third-order valence-electron chi connectivity index (χ3n) is 12.0. The van der Waals surface area contributed by atoms with Crippen LogP contribution in [0.4, 0.5) is 11.4 Å². The fraction of sp³-hybridized carbons (Fsp3) is 0.474. The van der Waals surface area contributed by atoms with Gasteiger partial charge in [-0.05, 0) is 80.9 Å². The molecular weight excluding hydrogens is 788 g/mol. The van der Waals surface area contributed by atoms with Crippen LogP contribution in [0.3, 0.4) is 0 Å². The number of aryl methyl sites for hydroxylation is 2. The predicted octanol–water partition coefficient (Wildman–Crippen LogP) is 6.91. The number of nitrogens with zero attached hydrogens (tertiary/aromatic N) is 3. The number of halogens is 2. The Kier molecular flexibility index (Phi) is 9.38. The van der Waals surface area contributed by atoms with Gasteiger partial charge >= 0.3 is 7.82 Å². The third kappa shape index (κ3) is 6.06. The Hall–Kier alpha value is -3.65. The Morgan fingerprint density at radius 2 is 1.38 bits per heavy atom.